The van der Waals surface area contributed by atoms with Crippen molar-refractivity contribution in [3.63, 3.8) is 0 Å². The van der Waals surface area contributed by atoms with Crippen molar-refractivity contribution >= 4 is 53.8 Å². The number of carbonyl (C=O) groups excluding carboxylic acids is 3. The maximum atomic E-state index is 14.4. The summed E-state index contributed by atoms with van der Waals surface area (Å²) in [5.41, 5.74) is 0.369. The van der Waals surface area contributed by atoms with E-state index in [1.165, 1.54) is 30.7 Å². The van der Waals surface area contributed by atoms with Gasteiger partial charge >= 0.3 is 5.69 Å². The lowest BCUT2D eigenvalue weighted by Crippen LogP contribution is -2.44. The van der Waals surface area contributed by atoms with Crippen molar-refractivity contribution in [3.8, 4) is 11.8 Å². The number of anilines is 2. The molecule has 3 amide bonds. The fourth-order valence-electron chi connectivity index (χ4n) is 10.2. The largest absolute Gasteiger partial charge is 0.374 e. The van der Waals surface area contributed by atoms with E-state index in [0.717, 1.165) is 58.3 Å². The van der Waals surface area contributed by atoms with E-state index in [1.54, 1.807) is 25.4 Å². The summed E-state index contributed by atoms with van der Waals surface area (Å²) in [6.07, 6.45) is 7.57. The van der Waals surface area contributed by atoms with Gasteiger partial charge in [-0.25, -0.2) is 23.1 Å². The Balaban J connectivity index is 0.712. The Kier molecular flexibility index (Phi) is 11.1. The number of aromatic nitrogens is 7. The molecular formula is C44H48BF2N11O6. The van der Waals surface area contributed by atoms with Gasteiger partial charge in [0, 0.05) is 57.5 Å². The van der Waals surface area contributed by atoms with Crippen LogP contribution in [0.15, 0.2) is 47.7 Å². The second-order valence-electron chi connectivity index (χ2n) is 17.7. The molecule has 5 aromatic rings. The fourth-order valence-corrected chi connectivity index (χ4v) is 10.2. The molecule has 4 aliphatic heterocycles. The van der Waals surface area contributed by atoms with Crippen LogP contribution in [0.1, 0.15) is 91.9 Å². The molecule has 17 nitrogen and oxygen atoms in total. The van der Waals surface area contributed by atoms with Gasteiger partial charge in [0.2, 0.25) is 11.8 Å². The Hall–Kier alpha value is -5.91. The zero-order valence-corrected chi connectivity index (χ0v) is 35.4. The van der Waals surface area contributed by atoms with Gasteiger partial charge in [0.05, 0.1) is 53.3 Å². The first-order chi connectivity index (χ1) is 30.9. The second kappa shape index (κ2) is 16.9. The van der Waals surface area contributed by atoms with Crippen LogP contribution in [0.2, 0.25) is 0 Å². The lowest BCUT2D eigenvalue weighted by atomic mass is 9.65. The van der Waals surface area contributed by atoms with E-state index in [2.05, 4.69) is 42.5 Å². The van der Waals surface area contributed by atoms with Crippen molar-refractivity contribution < 1.29 is 32.6 Å². The fraction of sp³-hybridized carbons (Fsp3) is 0.523. The minimum atomic E-state index is -2.93. The zero-order valence-electron chi connectivity index (χ0n) is 35.4. The number of hydrogen-bond donors (Lipinski definition) is 2. The lowest BCUT2D eigenvalue weighted by molar-refractivity contribution is -0.135. The Bertz CT molecular complexity index is 2760. The van der Waals surface area contributed by atoms with Crippen LogP contribution >= 0.6 is 0 Å². The molecule has 1 aromatic carbocycles. The van der Waals surface area contributed by atoms with Crippen LogP contribution in [-0.2, 0) is 31.5 Å². The molecule has 4 aromatic heterocycles. The van der Waals surface area contributed by atoms with Crippen LogP contribution in [0.4, 0.5) is 20.3 Å². The van der Waals surface area contributed by atoms with Gasteiger partial charge in [0.15, 0.2) is 11.3 Å². The number of halogens is 2. The number of para-hydroxylation sites is 1. The summed E-state index contributed by atoms with van der Waals surface area (Å²) < 4.78 is 46.5. The summed E-state index contributed by atoms with van der Waals surface area (Å²) in [6.45, 7) is 4.21. The smallest absolute Gasteiger partial charge is 0.329 e. The molecular weight excluding hydrogens is 827 g/mol. The van der Waals surface area contributed by atoms with Crippen LogP contribution in [0, 0.1) is 17.8 Å². The van der Waals surface area contributed by atoms with Gasteiger partial charge in [0.1, 0.15) is 31.9 Å². The number of fused-ring (bicyclic) bond motifs is 4. The Morgan fingerprint density at radius 2 is 1.94 bits per heavy atom. The molecule has 2 radical (unpaired) electrons. The van der Waals surface area contributed by atoms with Crippen LogP contribution in [0.5, 0.6) is 0 Å². The molecule has 1 saturated carbocycles. The summed E-state index contributed by atoms with van der Waals surface area (Å²) >= 11 is 0. The van der Waals surface area contributed by atoms with E-state index >= 15 is 0 Å². The van der Waals surface area contributed by atoms with Gasteiger partial charge in [-0.05, 0) is 75.5 Å². The second-order valence-corrected chi connectivity index (χ2v) is 17.7. The third-order valence-electron chi connectivity index (χ3n) is 13.7. The normalized spacial score (nSPS) is 25.3. The van der Waals surface area contributed by atoms with Crippen molar-refractivity contribution in [1.82, 2.24) is 43.7 Å². The molecule has 3 atom stereocenters. The number of nitrogens with zero attached hydrogens (tertiary/aromatic N) is 9. The summed E-state index contributed by atoms with van der Waals surface area (Å²) in [4.78, 5) is 60.5. The summed E-state index contributed by atoms with van der Waals surface area (Å²) in [5, 5.41) is 13.5. The van der Waals surface area contributed by atoms with Gasteiger partial charge in [-0.3, -0.25) is 33.5 Å². The van der Waals surface area contributed by atoms with Gasteiger partial charge in [0.25, 0.3) is 12.3 Å². The zero-order chi connectivity index (χ0) is 44.3. The van der Waals surface area contributed by atoms with E-state index in [0.29, 0.717) is 53.4 Å². The first-order valence-corrected chi connectivity index (χ1v) is 22.0. The quantitative estimate of drug-likeness (QED) is 0.120. The SMILES string of the molecule is [B]C1(n2cc(NC(=O)c3cnn4ccc(N5C[C@H]6C[C@@H]5CO6)nc34)c(C(F)F)n2)CCC(CN2CCC(OCC#Cc3cccc4c3n(C)c(=O)n4C3CCC(=O)NC3=O)CC2)CC1. The number of amides is 3. The molecule has 5 aliphatic rings. The third-order valence-corrected chi connectivity index (χ3v) is 13.7. The molecule has 64 heavy (non-hydrogen) atoms. The van der Waals surface area contributed by atoms with E-state index in [4.69, 9.17) is 22.3 Å². The number of piperidine rings is 2. The van der Waals surface area contributed by atoms with Gasteiger partial charge < -0.3 is 24.6 Å². The van der Waals surface area contributed by atoms with Crippen LogP contribution in [0.25, 0.3) is 16.7 Å². The number of carbonyl (C=O) groups is 3. The molecule has 2 N–H and O–H groups in total. The molecule has 20 heteroatoms. The highest BCUT2D eigenvalue weighted by molar-refractivity contribution is 6.13. The van der Waals surface area contributed by atoms with Crippen molar-refractivity contribution in [2.45, 2.75) is 93.9 Å². The van der Waals surface area contributed by atoms with Gasteiger partial charge in [-0.2, -0.15) is 10.2 Å². The number of aryl methyl sites for hydroxylation is 1. The minimum absolute atomic E-state index is 0.0583. The standard InChI is InChI=1S/C44H48BF2N11O6/c1-53-38-27(4-2-6-33(38)58(43(53)62)34-7-8-36(59)51-42(34)61)5-3-19-63-29-11-16-54(17-12-29)22-26-9-14-44(45,15-10-26)57-24-32(37(52-57)39(46)47)49-41(60)31-21-48-56-18-13-35(50-40(31)56)55-23-30-20-28(55)25-64-30/h2,4,6,13,18,21,24,26,28-30,34,39H,7-12,14-17,19-20,22-23,25H2,1H3,(H,49,60)(H,51,59,61)/t26?,28-,30-,34?,44?/m1/s1. The summed E-state index contributed by atoms with van der Waals surface area (Å²) in [6, 6.07) is 6.72. The van der Waals surface area contributed by atoms with E-state index in [9.17, 15) is 28.0 Å². The number of likely N-dealkylation sites (tertiary alicyclic amines) is 1. The number of alkyl halides is 2. The predicted molar refractivity (Wildman–Crippen MR) is 230 cm³/mol. The van der Waals surface area contributed by atoms with E-state index < -0.39 is 35.4 Å². The van der Waals surface area contributed by atoms with Gasteiger partial charge in [-0.15, -0.1) is 0 Å². The first-order valence-electron chi connectivity index (χ1n) is 22.0. The number of hydrogen-bond acceptors (Lipinski definition) is 11. The lowest BCUT2D eigenvalue weighted by Gasteiger charge is -2.41. The highest BCUT2D eigenvalue weighted by atomic mass is 19.3. The van der Waals surface area contributed by atoms with Crippen molar-refractivity contribution in [2.24, 2.45) is 13.0 Å². The molecule has 10 rings (SSSR count). The summed E-state index contributed by atoms with van der Waals surface area (Å²) in [5.74, 6) is 5.92. The molecule has 1 aliphatic carbocycles. The molecule has 332 valence electrons. The van der Waals surface area contributed by atoms with Crippen LogP contribution < -0.4 is 21.2 Å². The van der Waals surface area contributed by atoms with Crippen molar-refractivity contribution in [2.75, 3.05) is 49.6 Å². The first kappa shape index (κ1) is 42.1. The minimum Gasteiger partial charge on any atom is -0.374 e. The Morgan fingerprint density at radius 3 is 2.67 bits per heavy atom. The monoisotopic (exact) mass is 875 g/mol. The highest BCUT2D eigenvalue weighted by Gasteiger charge is 2.40. The molecule has 5 fully saturated rings. The molecule has 8 heterocycles. The molecule has 2 bridgehead atoms. The number of benzene rings is 1. The Morgan fingerprint density at radius 1 is 1.12 bits per heavy atom. The highest BCUT2D eigenvalue weighted by Crippen LogP contribution is 2.39. The van der Waals surface area contributed by atoms with Crippen LogP contribution in [0.3, 0.4) is 0 Å². The average Bonchev–Trinajstić information content (AvgIpc) is 4.14. The maximum Gasteiger partial charge on any atom is 0.329 e. The van der Waals surface area contributed by atoms with E-state index in [-0.39, 0.29) is 60.5 Å². The van der Waals surface area contributed by atoms with E-state index in [1.807, 2.05) is 12.1 Å². The topological polar surface area (TPSA) is 175 Å². The third kappa shape index (κ3) is 7.87. The Labute approximate surface area is 367 Å². The number of imidazole rings is 1. The van der Waals surface area contributed by atoms with Gasteiger partial charge in [-0.1, -0.05) is 17.9 Å². The number of imide groups is 1. The number of morpholine rings is 1. The number of nitrogens with one attached hydrogen (secondary N) is 2. The average molecular weight is 876 g/mol. The van der Waals surface area contributed by atoms with Crippen molar-refractivity contribution in [3.05, 3.63) is 70.2 Å². The summed E-state index contributed by atoms with van der Waals surface area (Å²) in [7, 11) is 8.53. The molecule has 1 unspecified atom stereocenters. The predicted octanol–water partition coefficient (Wildman–Crippen LogP) is 3.27. The number of rotatable bonds is 10. The molecule has 4 saturated heterocycles. The van der Waals surface area contributed by atoms with Crippen molar-refractivity contribution in [1.29, 1.82) is 0 Å². The molecule has 0 spiro atoms. The van der Waals surface area contributed by atoms with Crippen LogP contribution in [-0.4, -0.2) is 122 Å². The number of ether oxygens (including phenoxy) is 2. The maximum absolute atomic E-state index is 14.4.